The second-order valence-corrected chi connectivity index (χ2v) is 10.8. The summed E-state index contributed by atoms with van der Waals surface area (Å²) in [4.78, 5) is 16.8. The van der Waals surface area contributed by atoms with Gasteiger partial charge in [0.1, 0.15) is 0 Å². The van der Waals surface area contributed by atoms with Crippen molar-refractivity contribution in [3.05, 3.63) is 48.0 Å². The molecular weight excluding hydrogens is 456 g/mol. The molecule has 1 unspecified atom stereocenters. The molecule has 0 saturated carbocycles. The lowest BCUT2D eigenvalue weighted by Crippen LogP contribution is -2.35. The summed E-state index contributed by atoms with van der Waals surface area (Å²) >= 11 is 5.26. The maximum absolute atomic E-state index is 11.8. The molecule has 0 spiro atoms. The second kappa shape index (κ2) is 12.8. The van der Waals surface area contributed by atoms with Gasteiger partial charge in [0.25, 0.3) is 0 Å². The van der Waals surface area contributed by atoms with Gasteiger partial charge in [-0.2, -0.15) is 0 Å². The quantitative estimate of drug-likeness (QED) is 0.204. The third-order valence-corrected chi connectivity index (χ3v) is 8.43. The highest BCUT2D eigenvalue weighted by Gasteiger charge is 2.28. The molecule has 0 saturated heterocycles. The van der Waals surface area contributed by atoms with Gasteiger partial charge >= 0.3 is 5.97 Å². The molecule has 0 radical (unpaired) electrons. The molecular formula is C25H34N2O2S3. The highest BCUT2D eigenvalue weighted by molar-refractivity contribution is 7.99. The minimum Gasteiger partial charge on any atom is -0.465 e. The lowest BCUT2D eigenvalue weighted by Gasteiger charge is -2.30. The van der Waals surface area contributed by atoms with E-state index in [0.717, 1.165) is 12.3 Å². The molecule has 2 aromatic carbocycles. The average molecular weight is 491 g/mol. The van der Waals surface area contributed by atoms with Gasteiger partial charge < -0.3 is 9.64 Å². The zero-order valence-electron chi connectivity index (χ0n) is 19.5. The number of thioether (sulfide) groups is 2. The molecule has 0 aromatic heterocycles. The van der Waals surface area contributed by atoms with Crippen molar-refractivity contribution in [3.63, 3.8) is 0 Å². The molecule has 174 valence electrons. The van der Waals surface area contributed by atoms with Crippen LogP contribution in [0, 0.1) is 0 Å². The van der Waals surface area contributed by atoms with Gasteiger partial charge in [0.05, 0.1) is 18.0 Å². The predicted molar refractivity (Wildman–Crippen MR) is 141 cm³/mol. The van der Waals surface area contributed by atoms with Crippen LogP contribution in [-0.2, 0) is 15.3 Å². The number of hydrogen-bond donors (Lipinski definition) is 0. The van der Waals surface area contributed by atoms with E-state index in [0.29, 0.717) is 18.4 Å². The van der Waals surface area contributed by atoms with Gasteiger partial charge in [-0.1, -0.05) is 38.0 Å². The summed E-state index contributed by atoms with van der Waals surface area (Å²) in [6.45, 7) is 5.52. The first-order chi connectivity index (χ1) is 15.6. The highest BCUT2D eigenvalue weighted by atomic mass is 32.2. The monoisotopic (exact) mass is 490 g/mol. The van der Waals surface area contributed by atoms with Crippen molar-refractivity contribution >= 4 is 52.8 Å². The standard InChI is InChI=1S/C25H34N2O2S3/c1-5-7-11-21-16-27(20-12-9-8-10-13-20)22-15-23(30-4)19(14-24(22)32-26(21)3)17-31-18-25(28)29-6-2/h8-10,12-15,21H,5-7,11,16-18H2,1-4H3. The Hall–Kier alpha value is -1.28. The molecule has 0 N–H and O–H groups in total. The fourth-order valence-corrected chi connectivity index (χ4v) is 6.46. The predicted octanol–water partition coefficient (Wildman–Crippen LogP) is 6.85. The minimum atomic E-state index is -0.138. The van der Waals surface area contributed by atoms with Crippen molar-refractivity contribution in [1.82, 2.24) is 4.31 Å². The van der Waals surface area contributed by atoms with E-state index >= 15 is 0 Å². The van der Waals surface area contributed by atoms with Crippen LogP contribution in [-0.4, -0.2) is 48.5 Å². The van der Waals surface area contributed by atoms with E-state index in [2.05, 4.69) is 71.9 Å². The van der Waals surface area contributed by atoms with E-state index in [9.17, 15) is 4.79 Å². The fraction of sp³-hybridized carbons (Fsp3) is 0.480. The molecule has 1 aliphatic heterocycles. The highest BCUT2D eigenvalue weighted by Crippen LogP contribution is 2.44. The molecule has 0 fully saturated rings. The van der Waals surface area contributed by atoms with Gasteiger partial charge in [-0.25, -0.2) is 4.31 Å². The normalized spacial score (nSPS) is 16.5. The smallest absolute Gasteiger partial charge is 0.315 e. The summed E-state index contributed by atoms with van der Waals surface area (Å²) in [6, 6.07) is 15.9. The van der Waals surface area contributed by atoms with Gasteiger partial charge in [-0.3, -0.25) is 4.79 Å². The van der Waals surface area contributed by atoms with Gasteiger partial charge in [0, 0.05) is 33.8 Å². The number of hydrogen-bond acceptors (Lipinski definition) is 7. The molecule has 0 aliphatic carbocycles. The Morgan fingerprint density at radius 3 is 2.69 bits per heavy atom. The molecule has 2 aromatic rings. The number of unbranched alkanes of at least 4 members (excludes halogenated alkanes) is 1. The Kier molecular flexibility index (Phi) is 10.2. The first-order valence-corrected chi connectivity index (χ1v) is 14.4. The Labute approximate surface area is 206 Å². The van der Waals surface area contributed by atoms with Crippen molar-refractivity contribution in [1.29, 1.82) is 0 Å². The molecule has 1 heterocycles. The number of carbonyl (C=O) groups excluding carboxylic acids is 1. The van der Waals surface area contributed by atoms with Crippen LogP contribution in [0.15, 0.2) is 52.3 Å². The van der Waals surface area contributed by atoms with Crippen LogP contribution >= 0.6 is 35.5 Å². The molecule has 1 atom stereocenters. The van der Waals surface area contributed by atoms with E-state index in [1.165, 1.54) is 46.0 Å². The number of fused-ring (bicyclic) bond motifs is 1. The number of benzene rings is 2. The molecule has 4 nitrogen and oxygen atoms in total. The molecule has 0 bridgehead atoms. The van der Waals surface area contributed by atoms with Crippen molar-refractivity contribution in [2.75, 3.05) is 37.1 Å². The SMILES string of the molecule is CCCCC1CN(c2ccccc2)c2cc(SC)c(CSCC(=O)OCC)cc2SN1C. The molecule has 3 rings (SSSR count). The van der Waals surface area contributed by atoms with Crippen LogP contribution in [0.4, 0.5) is 11.4 Å². The zero-order chi connectivity index (χ0) is 22.9. The topological polar surface area (TPSA) is 32.8 Å². The van der Waals surface area contributed by atoms with Crippen LogP contribution in [0.25, 0.3) is 0 Å². The zero-order valence-corrected chi connectivity index (χ0v) is 22.0. The van der Waals surface area contributed by atoms with Crippen LogP contribution in [0.1, 0.15) is 38.7 Å². The summed E-state index contributed by atoms with van der Waals surface area (Å²) in [5.41, 5.74) is 3.80. The lowest BCUT2D eigenvalue weighted by molar-refractivity contribution is -0.139. The first kappa shape index (κ1) is 25.3. The number of para-hydroxylation sites is 1. The van der Waals surface area contributed by atoms with E-state index in [1.54, 1.807) is 23.5 Å². The van der Waals surface area contributed by atoms with Crippen LogP contribution in [0.3, 0.4) is 0 Å². The molecule has 7 heteroatoms. The maximum atomic E-state index is 11.8. The van der Waals surface area contributed by atoms with E-state index in [4.69, 9.17) is 4.74 Å². The van der Waals surface area contributed by atoms with Crippen molar-refractivity contribution in [2.45, 2.75) is 54.7 Å². The summed E-state index contributed by atoms with van der Waals surface area (Å²) in [6.07, 6.45) is 5.77. The Balaban J connectivity index is 1.93. The van der Waals surface area contributed by atoms with E-state index in [1.807, 2.05) is 18.9 Å². The van der Waals surface area contributed by atoms with Gasteiger partial charge in [-0.05, 0) is 68.4 Å². The summed E-state index contributed by atoms with van der Waals surface area (Å²) in [5, 5.41) is 0. The van der Waals surface area contributed by atoms with Crippen molar-refractivity contribution < 1.29 is 9.53 Å². The van der Waals surface area contributed by atoms with Gasteiger partial charge in [-0.15, -0.1) is 23.5 Å². The summed E-state index contributed by atoms with van der Waals surface area (Å²) in [7, 11) is 2.22. The molecule has 0 amide bonds. The van der Waals surface area contributed by atoms with Gasteiger partial charge in [0.2, 0.25) is 0 Å². The summed E-state index contributed by atoms with van der Waals surface area (Å²) < 4.78 is 7.52. The number of nitrogens with zero attached hydrogens (tertiary/aromatic N) is 2. The Bertz CT molecular complexity index is 879. The fourth-order valence-electron chi connectivity index (χ4n) is 3.84. The maximum Gasteiger partial charge on any atom is 0.315 e. The van der Waals surface area contributed by atoms with E-state index in [-0.39, 0.29) is 5.97 Å². The third-order valence-electron chi connectivity index (χ3n) is 5.54. The lowest BCUT2D eigenvalue weighted by atomic mass is 10.1. The first-order valence-electron chi connectivity index (χ1n) is 11.2. The van der Waals surface area contributed by atoms with Crippen LogP contribution in [0.2, 0.25) is 0 Å². The Morgan fingerprint density at radius 1 is 1.22 bits per heavy atom. The van der Waals surface area contributed by atoms with Crippen LogP contribution < -0.4 is 4.90 Å². The number of rotatable bonds is 10. The third kappa shape index (κ3) is 6.62. The number of esters is 1. The largest absolute Gasteiger partial charge is 0.465 e. The Morgan fingerprint density at radius 2 is 2.00 bits per heavy atom. The second-order valence-electron chi connectivity index (χ2n) is 7.81. The van der Waals surface area contributed by atoms with Crippen molar-refractivity contribution in [2.24, 2.45) is 0 Å². The minimum absolute atomic E-state index is 0.138. The summed E-state index contributed by atoms with van der Waals surface area (Å²) in [5.74, 6) is 1.05. The number of likely N-dealkylation sites (N-methyl/N-ethyl adjacent to an activating group) is 1. The average Bonchev–Trinajstić information content (AvgIpc) is 2.93. The number of anilines is 2. The van der Waals surface area contributed by atoms with Gasteiger partial charge in [0.15, 0.2) is 0 Å². The number of ether oxygens (including phenoxy) is 1. The van der Waals surface area contributed by atoms with E-state index < -0.39 is 0 Å². The number of carbonyl (C=O) groups is 1. The molecule has 32 heavy (non-hydrogen) atoms. The molecule has 1 aliphatic rings. The van der Waals surface area contributed by atoms with Crippen LogP contribution in [0.5, 0.6) is 0 Å². The van der Waals surface area contributed by atoms with Crippen molar-refractivity contribution in [3.8, 4) is 0 Å².